The predicted octanol–water partition coefficient (Wildman–Crippen LogP) is 3.92. The summed E-state index contributed by atoms with van der Waals surface area (Å²) in [7, 11) is 5.78. The zero-order valence-electron chi connectivity index (χ0n) is 26.2. The van der Waals surface area contributed by atoms with E-state index in [1.807, 2.05) is 36.6 Å². The summed E-state index contributed by atoms with van der Waals surface area (Å²) in [6, 6.07) is 13.5. The van der Waals surface area contributed by atoms with Crippen molar-refractivity contribution in [2.45, 2.75) is 56.6 Å². The zero-order chi connectivity index (χ0) is 32.7. The molecule has 0 bridgehead atoms. The quantitative estimate of drug-likeness (QED) is 0.141. The molecule has 1 aliphatic heterocycles. The first-order valence-corrected chi connectivity index (χ1v) is 17.8. The van der Waals surface area contributed by atoms with E-state index < -0.39 is 41.3 Å². The number of carbonyl (C=O) groups excluding carboxylic acids is 4. The van der Waals surface area contributed by atoms with Crippen LogP contribution in [0.4, 0.5) is 5.69 Å². The Labute approximate surface area is 271 Å². The fourth-order valence-corrected chi connectivity index (χ4v) is 7.70. The molecule has 10 nitrogen and oxygen atoms in total. The molecular weight excluding hydrogens is 619 g/mol. The molecule has 44 heavy (non-hydrogen) atoms. The summed E-state index contributed by atoms with van der Waals surface area (Å²) in [4.78, 5) is 60.7. The first-order chi connectivity index (χ1) is 20.8. The normalized spacial score (nSPS) is 17.1. The molecule has 3 atom stereocenters. The molecule has 0 aliphatic carbocycles. The van der Waals surface area contributed by atoms with Crippen LogP contribution in [-0.4, -0.2) is 88.7 Å². The van der Waals surface area contributed by atoms with E-state index in [2.05, 4.69) is 26.1 Å². The number of hydrogen-bond donors (Lipinski definition) is 2. The first-order valence-electron chi connectivity index (χ1n) is 14.1. The van der Waals surface area contributed by atoms with Crippen molar-refractivity contribution in [2.75, 3.05) is 36.9 Å². The van der Waals surface area contributed by atoms with Gasteiger partial charge >= 0.3 is 5.97 Å². The summed E-state index contributed by atoms with van der Waals surface area (Å²) in [5, 5.41) is 5.15. The van der Waals surface area contributed by atoms with Gasteiger partial charge in [-0.1, -0.05) is 90.9 Å². The van der Waals surface area contributed by atoms with Crippen molar-refractivity contribution in [1.82, 2.24) is 10.3 Å². The molecule has 2 aromatic carbocycles. The number of hydrazine groups is 1. The Hall–Kier alpha value is -2.84. The highest BCUT2D eigenvalue weighted by Crippen LogP contribution is 2.37. The Morgan fingerprint density at radius 2 is 1.75 bits per heavy atom. The summed E-state index contributed by atoms with van der Waals surface area (Å²) in [6.45, 7) is 7.43. The van der Waals surface area contributed by atoms with Gasteiger partial charge in [-0.05, 0) is 25.1 Å². The average molecular weight is 660 g/mol. The Bertz CT molecular complexity index is 1380. The number of hydrogen-bond acceptors (Lipinski definition) is 11. The second-order valence-electron chi connectivity index (χ2n) is 11.1. The number of nitrogens with two attached hydrogens (primary N) is 1. The molecule has 0 spiro atoms. The number of nitrogens with zero attached hydrogens (tertiary/aromatic N) is 3. The maximum Gasteiger partial charge on any atom is 0.348 e. The molecule has 3 N–H and O–H groups in total. The lowest BCUT2D eigenvalue weighted by Crippen LogP contribution is -2.72. The van der Waals surface area contributed by atoms with Crippen LogP contribution in [0.15, 0.2) is 59.6 Å². The van der Waals surface area contributed by atoms with Gasteiger partial charge in [0.1, 0.15) is 0 Å². The van der Waals surface area contributed by atoms with E-state index in [1.54, 1.807) is 35.1 Å². The van der Waals surface area contributed by atoms with Crippen molar-refractivity contribution in [3.63, 3.8) is 0 Å². The molecule has 0 aromatic heterocycles. The van der Waals surface area contributed by atoms with Crippen LogP contribution in [0.2, 0.25) is 0 Å². The fraction of sp³-hybridized carbons (Fsp3) is 0.452. The third kappa shape index (κ3) is 7.86. The van der Waals surface area contributed by atoms with Gasteiger partial charge in [-0.2, -0.15) is 11.8 Å². The van der Waals surface area contributed by atoms with E-state index in [-0.39, 0.29) is 22.6 Å². The van der Waals surface area contributed by atoms with Gasteiger partial charge in [0.2, 0.25) is 11.6 Å². The number of thioether (sulfide) groups is 1. The lowest BCUT2D eigenvalue weighted by atomic mass is 10.00. The predicted molar refractivity (Wildman–Crippen MR) is 182 cm³/mol. The van der Waals surface area contributed by atoms with Crippen LogP contribution in [0.1, 0.15) is 45.2 Å². The SMILES string of the molecule is CN[C@](CCSC)(C(=O)OC)N(C(C)=O)N1C(=O)C(C(=O)C(N)CSSC(C)(C)C)N=C(c2ccccc2)c2ccccc21. The molecule has 1 aliphatic rings. The molecule has 0 radical (unpaired) electrons. The van der Waals surface area contributed by atoms with Crippen LogP contribution in [0.25, 0.3) is 0 Å². The van der Waals surface area contributed by atoms with Gasteiger partial charge in [0.15, 0.2) is 11.8 Å². The van der Waals surface area contributed by atoms with E-state index in [9.17, 15) is 19.2 Å². The van der Waals surface area contributed by atoms with Crippen molar-refractivity contribution in [2.24, 2.45) is 10.7 Å². The number of esters is 1. The van der Waals surface area contributed by atoms with Crippen LogP contribution >= 0.6 is 33.3 Å². The third-order valence-corrected chi connectivity index (χ3v) is 10.8. The van der Waals surface area contributed by atoms with Crippen molar-refractivity contribution >= 4 is 68.3 Å². The highest BCUT2D eigenvalue weighted by Gasteiger charge is 2.52. The summed E-state index contributed by atoms with van der Waals surface area (Å²) in [6.07, 6.45) is 1.97. The van der Waals surface area contributed by atoms with Crippen LogP contribution in [0, 0.1) is 0 Å². The number of para-hydroxylation sites is 1. The lowest BCUT2D eigenvalue weighted by Gasteiger charge is -2.46. The molecule has 0 fully saturated rings. The molecule has 0 saturated carbocycles. The number of aliphatic imine (C=N–C) groups is 1. The van der Waals surface area contributed by atoms with Gasteiger partial charge in [-0.15, -0.1) is 0 Å². The van der Waals surface area contributed by atoms with E-state index >= 15 is 0 Å². The average Bonchev–Trinajstić information content (AvgIpc) is 3.12. The molecule has 0 saturated heterocycles. The number of fused-ring (bicyclic) bond motifs is 1. The number of ether oxygens (including phenoxy) is 1. The number of rotatable bonds is 13. The largest absolute Gasteiger partial charge is 0.466 e. The van der Waals surface area contributed by atoms with Gasteiger partial charge in [0, 0.05) is 35.0 Å². The monoisotopic (exact) mass is 659 g/mol. The van der Waals surface area contributed by atoms with Gasteiger partial charge in [0.25, 0.3) is 5.91 Å². The number of ketones is 1. The smallest absolute Gasteiger partial charge is 0.348 e. The highest BCUT2D eigenvalue weighted by molar-refractivity contribution is 8.77. The maximum atomic E-state index is 14.7. The third-order valence-electron chi connectivity index (χ3n) is 6.79. The molecular formula is C31H41N5O5S3. The minimum absolute atomic E-state index is 0.0637. The van der Waals surface area contributed by atoms with Crippen molar-refractivity contribution < 1.29 is 23.9 Å². The summed E-state index contributed by atoms with van der Waals surface area (Å²) >= 11 is 1.47. The zero-order valence-corrected chi connectivity index (χ0v) is 28.6. The topological polar surface area (TPSA) is 134 Å². The highest BCUT2D eigenvalue weighted by atomic mass is 33.1. The molecule has 238 valence electrons. The van der Waals surface area contributed by atoms with Crippen molar-refractivity contribution in [3.8, 4) is 0 Å². The number of Topliss-reactive ketones (excluding diaryl/α,β-unsaturated/α-hetero) is 1. The van der Waals surface area contributed by atoms with Gasteiger partial charge in [0.05, 0.1) is 24.6 Å². The first kappa shape index (κ1) is 35.6. The molecule has 13 heteroatoms. The standard InChI is InChI=1S/C31H41N5O5S3/c1-20(37)36(31(33-5,17-18-42-7)29(40)41-6)35-24-16-12-11-15-22(24)25(21-13-9-8-10-14-21)34-26(28(35)39)27(38)23(32)19-43-44-30(2,3)4/h8-16,23,26,33H,17-19,32H2,1-7H3/t23?,26?,31-/m0/s1. The van der Waals surface area contributed by atoms with Gasteiger partial charge < -0.3 is 10.5 Å². The number of benzene rings is 2. The van der Waals surface area contributed by atoms with Crippen molar-refractivity contribution in [3.05, 3.63) is 65.7 Å². The molecule has 2 unspecified atom stereocenters. The second-order valence-corrected chi connectivity index (χ2v) is 15.2. The second kappa shape index (κ2) is 15.4. The molecule has 1 heterocycles. The summed E-state index contributed by atoms with van der Waals surface area (Å²) < 4.78 is 5.13. The number of anilines is 1. The minimum Gasteiger partial charge on any atom is -0.466 e. The summed E-state index contributed by atoms with van der Waals surface area (Å²) in [5.74, 6) is -2.09. The number of likely N-dealkylation sites (N-methyl/N-ethyl adjacent to an activating group) is 1. The van der Waals surface area contributed by atoms with Crippen LogP contribution in [0.3, 0.4) is 0 Å². The van der Waals surface area contributed by atoms with Gasteiger partial charge in [-0.25, -0.2) is 14.8 Å². The van der Waals surface area contributed by atoms with E-state index in [4.69, 9.17) is 15.5 Å². The van der Waals surface area contributed by atoms with Crippen LogP contribution in [-0.2, 0) is 23.9 Å². The molecule has 2 amide bonds. The number of amides is 2. The maximum absolute atomic E-state index is 14.7. The number of benzodiazepines with no additional fused rings is 1. The van der Waals surface area contributed by atoms with Crippen LogP contribution in [0.5, 0.6) is 0 Å². The lowest BCUT2D eigenvalue weighted by molar-refractivity contribution is -0.166. The van der Waals surface area contributed by atoms with E-state index in [1.165, 1.54) is 43.6 Å². The van der Waals surface area contributed by atoms with E-state index in [0.29, 0.717) is 22.6 Å². The Morgan fingerprint density at radius 3 is 2.32 bits per heavy atom. The van der Waals surface area contributed by atoms with Crippen molar-refractivity contribution in [1.29, 1.82) is 0 Å². The number of methoxy groups -OCH3 is 1. The Balaban J connectivity index is 2.29. The minimum atomic E-state index is -1.78. The fourth-order valence-electron chi connectivity index (χ4n) is 4.76. The molecule has 2 aromatic rings. The Kier molecular flexibility index (Phi) is 12.5. The van der Waals surface area contributed by atoms with E-state index in [0.717, 1.165) is 10.0 Å². The Morgan fingerprint density at radius 1 is 1.11 bits per heavy atom. The number of carbonyl (C=O) groups is 4. The summed E-state index contributed by atoms with van der Waals surface area (Å²) in [5.41, 5.74) is 6.48. The molecule has 3 rings (SSSR count). The van der Waals surface area contributed by atoms with Gasteiger partial charge in [-0.3, -0.25) is 24.7 Å². The number of nitrogens with one attached hydrogen (secondary N) is 1. The van der Waals surface area contributed by atoms with Crippen LogP contribution < -0.4 is 16.1 Å².